The molecular formula is C34H36N9O11P. The Labute approximate surface area is 310 Å². The number of nitrogen functional groups attached to an aromatic ring is 2. The quantitative estimate of drug-likeness (QED) is 0.107. The van der Waals surface area contributed by atoms with Crippen molar-refractivity contribution in [2.45, 2.75) is 63.1 Å². The van der Waals surface area contributed by atoms with E-state index in [9.17, 15) is 34.1 Å². The molecule has 0 spiro atoms. The van der Waals surface area contributed by atoms with Gasteiger partial charge in [0.1, 0.15) is 36.6 Å². The van der Waals surface area contributed by atoms with E-state index in [2.05, 4.69) is 19.9 Å². The number of aromatic nitrogens is 6. The maximum absolute atomic E-state index is 13.4. The zero-order valence-corrected chi connectivity index (χ0v) is 30.0. The van der Waals surface area contributed by atoms with Crippen molar-refractivity contribution in [3.05, 3.63) is 86.7 Å². The van der Waals surface area contributed by atoms with Crippen LogP contribution >= 0.6 is 7.82 Å². The van der Waals surface area contributed by atoms with E-state index >= 15 is 0 Å². The molecule has 1 amide bonds. The second kappa shape index (κ2) is 14.1. The van der Waals surface area contributed by atoms with E-state index in [1.54, 1.807) is 6.07 Å². The Balaban J connectivity index is 1.04. The summed E-state index contributed by atoms with van der Waals surface area (Å²) in [7, 11) is -4.90. The van der Waals surface area contributed by atoms with Gasteiger partial charge in [-0.3, -0.25) is 37.7 Å². The lowest BCUT2D eigenvalue weighted by Gasteiger charge is -2.25. The van der Waals surface area contributed by atoms with Crippen LogP contribution in [0.4, 0.5) is 23.4 Å². The van der Waals surface area contributed by atoms with Crippen LogP contribution in [0.15, 0.2) is 64.3 Å². The molecule has 20 nitrogen and oxygen atoms in total. The van der Waals surface area contributed by atoms with E-state index in [0.717, 1.165) is 26.8 Å². The second-order valence-corrected chi connectivity index (χ2v) is 14.8. The maximum atomic E-state index is 13.4. The number of aliphatic hydroxyl groups excluding tert-OH is 2. The van der Waals surface area contributed by atoms with Crippen LogP contribution in [0, 0.1) is 0 Å². The number of imidazole rings is 1. The van der Waals surface area contributed by atoms with E-state index in [4.69, 9.17) is 30.0 Å². The molecule has 21 heteroatoms. The second-order valence-electron chi connectivity index (χ2n) is 13.4. The third-order valence-corrected chi connectivity index (χ3v) is 10.8. The van der Waals surface area contributed by atoms with Crippen LogP contribution in [0.3, 0.4) is 0 Å². The van der Waals surface area contributed by atoms with Crippen LogP contribution in [-0.2, 0) is 34.3 Å². The third-order valence-electron chi connectivity index (χ3n) is 9.79. The highest BCUT2D eigenvalue weighted by Crippen LogP contribution is 2.49. The highest BCUT2D eigenvalue weighted by atomic mass is 31.2. The molecule has 2 saturated heterocycles. The minimum atomic E-state index is -4.90. The number of carbonyl (C=O) groups excluding carboxylic acids is 1. The standard InChI is InChI=1S/C34H36N9O11P/c1-16(45)42(19-6-7-21-18(11-19)10-17-4-2-3-5-20(17)21)33-38-29-30(39-32(36)40-31(29)47)43(33)28-12-22(46)25(53-28)15-51-55(49,50)54-23-13-27(52-24(23)14-44)41-9-8-26(35)37-34(41)48/h2-9,11,22-25,27-28,44,46H,10,12-15H2,1H3,(H,49,50)(H2,35,37,48)(H3,36,39,40,47)/t22-,23-,24+,25+,27+,28+/m0/s1. The van der Waals surface area contributed by atoms with Gasteiger partial charge < -0.3 is 36.0 Å². The number of carbonyl (C=O) groups is 1. The monoisotopic (exact) mass is 777 g/mol. The molecular weight excluding hydrogens is 741 g/mol. The van der Waals surface area contributed by atoms with E-state index in [1.807, 2.05) is 36.4 Å². The Bertz CT molecular complexity index is 2490. The van der Waals surface area contributed by atoms with Crippen LogP contribution in [0.25, 0.3) is 22.3 Å². The van der Waals surface area contributed by atoms with Gasteiger partial charge in [-0.2, -0.15) is 9.97 Å². The maximum Gasteiger partial charge on any atom is 0.472 e. The smallest absolute Gasteiger partial charge is 0.394 e. The molecule has 0 bridgehead atoms. The van der Waals surface area contributed by atoms with Crippen molar-refractivity contribution in [1.29, 1.82) is 0 Å². The fourth-order valence-electron chi connectivity index (χ4n) is 7.30. The first-order valence-electron chi connectivity index (χ1n) is 17.2. The van der Waals surface area contributed by atoms with Crippen LogP contribution in [-0.4, -0.2) is 87.7 Å². The Hall–Kier alpha value is -5.31. The van der Waals surface area contributed by atoms with Crippen LogP contribution in [0.2, 0.25) is 0 Å². The first kappa shape index (κ1) is 36.7. The largest absolute Gasteiger partial charge is 0.472 e. The zero-order valence-electron chi connectivity index (χ0n) is 29.1. The number of H-pyrrole nitrogens is 1. The number of hydrogen-bond donors (Lipinski definition) is 6. The molecule has 2 aliphatic heterocycles. The van der Waals surface area contributed by atoms with Gasteiger partial charge in [-0.25, -0.2) is 14.3 Å². The number of nitrogens with two attached hydrogens (primary N) is 2. The lowest BCUT2D eigenvalue weighted by Crippen LogP contribution is -2.29. The normalized spacial score (nSPS) is 24.1. The molecule has 8 rings (SSSR count). The van der Waals surface area contributed by atoms with Crippen molar-refractivity contribution in [3.63, 3.8) is 0 Å². The van der Waals surface area contributed by atoms with Crippen molar-refractivity contribution in [1.82, 2.24) is 29.1 Å². The van der Waals surface area contributed by atoms with Gasteiger partial charge in [0, 0.05) is 26.0 Å². The number of nitrogens with zero attached hydrogens (tertiary/aromatic N) is 6. The number of hydrogen-bond acceptors (Lipinski definition) is 15. The lowest BCUT2D eigenvalue weighted by molar-refractivity contribution is -0.116. The predicted molar refractivity (Wildman–Crippen MR) is 194 cm³/mol. The average Bonchev–Trinajstić information content (AvgIpc) is 3.89. The highest BCUT2D eigenvalue weighted by Gasteiger charge is 2.44. The third kappa shape index (κ3) is 6.83. The van der Waals surface area contributed by atoms with E-state index in [1.165, 1.54) is 28.7 Å². The number of nitrogens with one attached hydrogen (secondary N) is 1. The molecule has 7 atom stereocenters. The number of phosphoric ester groups is 1. The summed E-state index contributed by atoms with van der Waals surface area (Å²) in [4.78, 5) is 65.7. The number of rotatable bonds is 10. The summed E-state index contributed by atoms with van der Waals surface area (Å²) in [6.45, 7) is 0.0816. The van der Waals surface area contributed by atoms with Crippen molar-refractivity contribution < 1.29 is 43.0 Å². The van der Waals surface area contributed by atoms with Gasteiger partial charge in [0.05, 0.1) is 25.0 Å². The van der Waals surface area contributed by atoms with Crippen molar-refractivity contribution in [2.75, 3.05) is 29.6 Å². The van der Waals surface area contributed by atoms with Gasteiger partial charge >= 0.3 is 13.5 Å². The first-order valence-corrected chi connectivity index (χ1v) is 18.7. The van der Waals surface area contributed by atoms with Gasteiger partial charge in [0.15, 0.2) is 11.2 Å². The van der Waals surface area contributed by atoms with Crippen LogP contribution in [0.1, 0.15) is 43.3 Å². The SMILES string of the molecule is CC(=O)N(c1ccc2c(c1)Cc1ccccc1-2)c1nc2c(=O)[nH]c(N)nc2n1[C@H]1C[C@H](O)[C@@H](COP(=O)(O)O[C@H]2C[C@H](n3ccc(N)nc3=O)O[C@@H]2CO)O1. The summed E-state index contributed by atoms with van der Waals surface area (Å²) in [5, 5.41) is 21.0. The number of aromatic amines is 1. The van der Waals surface area contributed by atoms with Crippen LogP contribution < -0.4 is 27.6 Å². The molecule has 288 valence electrons. The fourth-order valence-corrected chi connectivity index (χ4v) is 8.26. The van der Waals surface area contributed by atoms with Gasteiger partial charge in [-0.05, 0) is 46.9 Å². The number of phosphoric acid groups is 1. The minimum absolute atomic E-state index is 0.00837. The number of fused-ring (bicyclic) bond motifs is 4. The summed E-state index contributed by atoms with van der Waals surface area (Å²) in [5.41, 5.74) is 14.6. The summed E-state index contributed by atoms with van der Waals surface area (Å²) in [6, 6.07) is 14.9. The average molecular weight is 778 g/mol. The number of aliphatic hydroxyl groups is 2. The van der Waals surface area contributed by atoms with Gasteiger partial charge in [0.25, 0.3) is 5.56 Å². The Kier molecular flexibility index (Phi) is 9.38. The van der Waals surface area contributed by atoms with E-state index in [0.29, 0.717) is 12.1 Å². The Morgan fingerprint density at radius 1 is 1.04 bits per heavy atom. The van der Waals surface area contributed by atoms with Crippen molar-refractivity contribution >= 4 is 48.3 Å². The number of anilines is 4. The molecule has 2 aromatic carbocycles. The molecule has 55 heavy (non-hydrogen) atoms. The molecule has 5 aromatic rings. The highest BCUT2D eigenvalue weighted by molar-refractivity contribution is 7.47. The molecule has 1 aliphatic carbocycles. The molecule has 1 unspecified atom stereocenters. The Morgan fingerprint density at radius 2 is 1.80 bits per heavy atom. The van der Waals surface area contributed by atoms with Crippen molar-refractivity contribution in [2.24, 2.45) is 0 Å². The van der Waals surface area contributed by atoms with Gasteiger partial charge in [0.2, 0.25) is 17.8 Å². The number of benzene rings is 2. The van der Waals surface area contributed by atoms with Crippen LogP contribution in [0.5, 0.6) is 0 Å². The van der Waals surface area contributed by atoms with E-state index in [-0.39, 0.29) is 41.7 Å². The molecule has 5 heterocycles. The predicted octanol–water partition coefficient (Wildman–Crippen LogP) is 1.23. The minimum Gasteiger partial charge on any atom is -0.394 e. The number of ether oxygens (including phenoxy) is 2. The lowest BCUT2D eigenvalue weighted by atomic mass is 10.1. The first-order chi connectivity index (χ1) is 26.3. The molecule has 0 saturated carbocycles. The fraction of sp³-hybridized carbons (Fsp3) is 0.353. The van der Waals surface area contributed by atoms with E-state index < -0.39 is 75.1 Å². The van der Waals surface area contributed by atoms with Gasteiger partial charge in [-0.15, -0.1) is 0 Å². The van der Waals surface area contributed by atoms with Crippen molar-refractivity contribution in [3.8, 4) is 11.1 Å². The molecule has 0 radical (unpaired) electrons. The summed E-state index contributed by atoms with van der Waals surface area (Å²) in [5.74, 6) is -0.739. The molecule has 8 N–H and O–H groups in total. The zero-order chi connectivity index (χ0) is 38.8. The summed E-state index contributed by atoms with van der Waals surface area (Å²) >= 11 is 0. The summed E-state index contributed by atoms with van der Waals surface area (Å²) < 4.78 is 38.1. The topological polar surface area (TPSA) is 285 Å². The van der Waals surface area contributed by atoms with Gasteiger partial charge in [-0.1, -0.05) is 30.3 Å². The number of amides is 1. The molecule has 3 aliphatic rings. The Morgan fingerprint density at radius 3 is 2.56 bits per heavy atom. The molecule has 2 fully saturated rings. The summed E-state index contributed by atoms with van der Waals surface area (Å²) in [6.07, 6.45) is -5.17. The molecule has 3 aromatic heterocycles.